The molecule has 0 aromatic heterocycles. The predicted molar refractivity (Wildman–Crippen MR) is 80.2 cm³/mol. The first-order chi connectivity index (χ1) is 9.23. The number of rotatable bonds is 2. The van der Waals surface area contributed by atoms with Crippen molar-refractivity contribution in [2.45, 2.75) is 63.5 Å². The second kappa shape index (κ2) is 5.71. The molecule has 0 radical (unpaired) electrons. The lowest BCUT2D eigenvalue weighted by Gasteiger charge is -2.53. The molecule has 3 rings (SSSR count). The summed E-state index contributed by atoms with van der Waals surface area (Å²) in [5.41, 5.74) is 6.57. The summed E-state index contributed by atoms with van der Waals surface area (Å²) >= 11 is 0. The number of nitrogens with two attached hydrogens (primary N) is 1. The van der Waals surface area contributed by atoms with E-state index < -0.39 is 0 Å². The standard InChI is InChI=1S/C16H31N3/c1-14-5-7-16(13-17,8-6-14)19-11-10-18-9-3-2-4-15(18)12-19/h14-15H,2-13,17H2,1H3. The van der Waals surface area contributed by atoms with Crippen molar-refractivity contribution in [3.05, 3.63) is 0 Å². The number of hydrogen-bond acceptors (Lipinski definition) is 3. The quantitative estimate of drug-likeness (QED) is 0.829. The highest BCUT2D eigenvalue weighted by molar-refractivity contribution is 4.99. The molecule has 2 aliphatic heterocycles. The van der Waals surface area contributed by atoms with Gasteiger partial charge in [0.1, 0.15) is 0 Å². The van der Waals surface area contributed by atoms with Gasteiger partial charge in [-0.2, -0.15) is 0 Å². The molecule has 2 saturated heterocycles. The number of hydrogen-bond donors (Lipinski definition) is 1. The maximum Gasteiger partial charge on any atom is 0.0333 e. The highest BCUT2D eigenvalue weighted by Crippen LogP contribution is 2.37. The van der Waals surface area contributed by atoms with Crippen LogP contribution in [-0.2, 0) is 0 Å². The number of fused-ring (bicyclic) bond motifs is 1. The Bertz CT molecular complexity index is 296. The van der Waals surface area contributed by atoms with Gasteiger partial charge in [-0.05, 0) is 51.0 Å². The molecule has 1 saturated carbocycles. The number of nitrogens with zero attached hydrogens (tertiary/aromatic N) is 2. The van der Waals surface area contributed by atoms with Gasteiger partial charge in [-0.25, -0.2) is 0 Å². The van der Waals surface area contributed by atoms with Crippen LogP contribution in [0.15, 0.2) is 0 Å². The second-order valence-corrected chi connectivity index (χ2v) is 7.24. The van der Waals surface area contributed by atoms with Crippen molar-refractivity contribution in [3.8, 4) is 0 Å². The van der Waals surface area contributed by atoms with E-state index in [1.165, 1.54) is 71.1 Å². The van der Waals surface area contributed by atoms with Crippen molar-refractivity contribution in [1.82, 2.24) is 9.80 Å². The van der Waals surface area contributed by atoms with E-state index >= 15 is 0 Å². The molecular formula is C16H31N3. The molecule has 0 aromatic carbocycles. The Morgan fingerprint density at radius 2 is 1.84 bits per heavy atom. The van der Waals surface area contributed by atoms with E-state index in [9.17, 15) is 0 Å². The molecule has 110 valence electrons. The third-order valence-electron chi connectivity index (χ3n) is 6.09. The van der Waals surface area contributed by atoms with Crippen LogP contribution in [0.25, 0.3) is 0 Å². The topological polar surface area (TPSA) is 32.5 Å². The van der Waals surface area contributed by atoms with Crippen molar-refractivity contribution >= 4 is 0 Å². The van der Waals surface area contributed by atoms with E-state index in [1.807, 2.05) is 0 Å². The van der Waals surface area contributed by atoms with Gasteiger partial charge < -0.3 is 5.73 Å². The minimum atomic E-state index is 0.343. The van der Waals surface area contributed by atoms with Crippen LogP contribution in [0, 0.1) is 5.92 Å². The third-order valence-corrected chi connectivity index (χ3v) is 6.09. The maximum atomic E-state index is 6.23. The number of piperidine rings is 1. The third kappa shape index (κ3) is 2.70. The van der Waals surface area contributed by atoms with Crippen LogP contribution in [0.2, 0.25) is 0 Å². The molecule has 0 spiro atoms. The smallest absolute Gasteiger partial charge is 0.0333 e. The van der Waals surface area contributed by atoms with E-state index in [0.29, 0.717) is 5.54 Å². The average molecular weight is 265 g/mol. The van der Waals surface area contributed by atoms with Crippen LogP contribution in [0.3, 0.4) is 0 Å². The molecule has 3 heteroatoms. The lowest BCUT2D eigenvalue weighted by Crippen LogP contribution is -2.64. The van der Waals surface area contributed by atoms with E-state index in [2.05, 4.69) is 16.7 Å². The van der Waals surface area contributed by atoms with Gasteiger partial charge in [0.2, 0.25) is 0 Å². The summed E-state index contributed by atoms with van der Waals surface area (Å²) < 4.78 is 0. The lowest BCUT2D eigenvalue weighted by atomic mass is 9.75. The Kier molecular flexibility index (Phi) is 4.16. The molecule has 2 heterocycles. The minimum absolute atomic E-state index is 0.343. The summed E-state index contributed by atoms with van der Waals surface area (Å²) in [7, 11) is 0. The molecular weight excluding hydrogens is 234 g/mol. The van der Waals surface area contributed by atoms with Gasteiger partial charge in [0, 0.05) is 37.8 Å². The van der Waals surface area contributed by atoms with Gasteiger partial charge in [-0.1, -0.05) is 13.3 Å². The molecule has 19 heavy (non-hydrogen) atoms. The molecule has 1 atom stereocenters. The largest absolute Gasteiger partial charge is 0.329 e. The Labute approximate surface area is 118 Å². The highest BCUT2D eigenvalue weighted by Gasteiger charge is 2.42. The molecule has 1 unspecified atom stereocenters. The zero-order chi connectivity index (χ0) is 13.3. The summed E-state index contributed by atoms with van der Waals surface area (Å²) in [6, 6.07) is 0.824. The van der Waals surface area contributed by atoms with Gasteiger partial charge in [-0.3, -0.25) is 9.80 Å². The van der Waals surface area contributed by atoms with Crippen LogP contribution in [0.4, 0.5) is 0 Å². The summed E-state index contributed by atoms with van der Waals surface area (Å²) in [5.74, 6) is 0.913. The molecule has 3 nitrogen and oxygen atoms in total. The first kappa shape index (κ1) is 13.8. The Morgan fingerprint density at radius 1 is 1.05 bits per heavy atom. The normalized spacial score (nSPS) is 42.0. The molecule has 3 fully saturated rings. The van der Waals surface area contributed by atoms with E-state index in [0.717, 1.165) is 18.5 Å². The minimum Gasteiger partial charge on any atom is -0.329 e. The van der Waals surface area contributed by atoms with Crippen molar-refractivity contribution in [1.29, 1.82) is 0 Å². The van der Waals surface area contributed by atoms with Crippen LogP contribution in [0.1, 0.15) is 51.9 Å². The van der Waals surface area contributed by atoms with Gasteiger partial charge in [0.15, 0.2) is 0 Å². The Balaban J connectivity index is 1.67. The van der Waals surface area contributed by atoms with Crippen LogP contribution in [0.5, 0.6) is 0 Å². The van der Waals surface area contributed by atoms with Gasteiger partial charge in [0.25, 0.3) is 0 Å². The van der Waals surface area contributed by atoms with Crippen LogP contribution in [-0.4, -0.2) is 54.1 Å². The van der Waals surface area contributed by atoms with Crippen molar-refractivity contribution in [2.24, 2.45) is 11.7 Å². The molecule has 0 aromatic rings. The fraction of sp³-hybridized carbons (Fsp3) is 1.00. The summed E-state index contributed by atoms with van der Waals surface area (Å²) in [4.78, 5) is 5.51. The summed E-state index contributed by atoms with van der Waals surface area (Å²) in [5, 5.41) is 0. The molecule has 2 N–H and O–H groups in total. The summed E-state index contributed by atoms with van der Waals surface area (Å²) in [6.45, 7) is 8.42. The van der Waals surface area contributed by atoms with Crippen molar-refractivity contribution in [3.63, 3.8) is 0 Å². The first-order valence-corrected chi connectivity index (χ1v) is 8.43. The number of piperazine rings is 1. The molecule has 0 bridgehead atoms. The fourth-order valence-electron chi connectivity index (χ4n) is 4.54. The summed E-state index contributed by atoms with van der Waals surface area (Å²) in [6.07, 6.45) is 9.67. The highest BCUT2D eigenvalue weighted by atomic mass is 15.3. The van der Waals surface area contributed by atoms with E-state index in [-0.39, 0.29) is 0 Å². The predicted octanol–water partition coefficient (Wildman–Crippen LogP) is 2.06. The van der Waals surface area contributed by atoms with E-state index in [4.69, 9.17) is 5.73 Å². The molecule has 1 aliphatic carbocycles. The van der Waals surface area contributed by atoms with Gasteiger partial charge >= 0.3 is 0 Å². The molecule has 0 amide bonds. The second-order valence-electron chi connectivity index (χ2n) is 7.24. The molecule has 3 aliphatic rings. The average Bonchev–Trinajstić information content (AvgIpc) is 2.48. The first-order valence-electron chi connectivity index (χ1n) is 8.43. The van der Waals surface area contributed by atoms with Crippen molar-refractivity contribution < 1.29 is 0 Å². The van der Waals surface area contributed by atoms with Gasteiger partial charge in [0.05, 0.1) is 0 Å². The Morgan fingerprint density at radius 3 is 2.58 bits per heavy atom. The SMILES string of the molecule is CC1CCC(CN)(N2CCN3CCCCC3C2)CC1. The van der Waals surface area contributed by atoms with Crippen LogP contribution < -0.4 is 5.73 Å². The Hall–Kier alpha value is -0.120. The van der Waals surface area contributed by atoms with Gasteiger partial charge in [-0.15, -0.1) is 0 Å². The maximum absolute atomic E-state index is 6.23. The fourth-order valence-corrected chi connectivity index (χ4v) is 4.54. The zero-order valence-electron chi connectivity index (χ0n) is 12.6. The van der Waals surface area contributed by atoms with Crippen molar-refractivity contribution in [2.75, 3.05) is 32.7 Å². The van der Waals surface area contributed by atoms with E-state index in [1.54, 1.807) is 0 Å². The van der Waals surface area contributed by atoms with Crippen LogP contribution >= 0.6 is 0 Å². The monoisotopic (exact) mass is 265 g/mol. The lowest BCUT2D eigenvalue weighted by molar-refractivity contribution is -0.0308. The zero-order valence-corrected chi connectivity index (χ0v) is 12.6.